The molecule has 2 heterocycles. The first kappa shape index (κ1) is 27.1. The highest BCUT2D eigenvalue weighted by atomic mass is 32.2. The van der Waals surface area contributed by atoms with E-state index >= 15 is 0 Å². The molecule has 2 aromatic carbocycles. The summed E-state index contributed by atoms with van der Waals surface area (Å²) in [6.45, 7) is 6.70. The first-order chi connectivity index (χ1) is 17.8. The summed E-state index contributed by atoms with van der Waals surface area (Å²) >= 11 is 1.37. The van der Waals surface area contributed by atoms with Crippen LogP contribution in [-0.2, 0) is 29.5 Å². The Balaban J connectivity index is 1.38. The lowest BCUT2D eigenvalue weighted by atomic mass is 9.98. The number of carbonyl (C=O) groups is 1. The summed E-state index contributed by atoms with van der Waals surface area (Å²) in [7, 11) is -0.285. The summed E-state index contributed by atoms with van der Waals surface area (Å²) in [4.78, 5) is 19.8. The number of hydrogen-bond donors (Lipinski definition) is 1. The Bertz CT molecular complexity index is 1350. The molecular formula is C26H32N4O5S2. The fourth-order valence-electron chi connectivity index (χ4n) is 4.40. The zero-order valence-corrected chi connectivity index (χ0v) is 23.1. The van der Waals surface area contributed by atoms with E-state index in [4.69, 9.17) is 9.47 Å². The lowest BCUT2D eigenvalue weighted by molar-refractivity contribution is 0.102. The van der Waals surface area contributed by atoms with Crippen LogP contribution in [0.25, 0.3) is 0 Å². The van der Waals surface area contributed by atoms with Gasteiger partial charge in [0, 0.05) is 43.7 Å². The van der Waals surface area contributed by atoms with E-state index in [1.54, 1.807) is 28.1 Å². The molecule has 0 saturated heterocycles. The zero-order valence-electron chi connectivity index (χ0n) is 21.5. The van der Waals surface area contributed by atoms with Gasteiger partial charge < -0.3 is 9.47 Å². The average molecular weight is 545 g/mol. The highest BCUT2D eigenvalue weighted by molar-refractivity contribution is 7.89. The molecule has 1 aliphatic heterocycles. The molecule has 0 aliphatic carbocycles. The molecule has 1 amide bonds. The Hall–Kier alpha value is -2.99. The summed E-state index contributed by atoms with van der Waals surface area (Å²) < 4.78 is 37.6. The number of carbonyl (C=O) groups excluding carboxylic acids is 1. The summed E-state index contributed by atoms with van der Waals surface area (Å²) in [6.07, 6.45) is 0.906. The number of sulfonamides is 1. The van der Waals surface area contributed by atoms with Gasteiger partial charge in [-0.05, 0) is 53.9 Å². The number of anilines is 1. The summed E-state index contributed by atoms with van der Waals surface area (Å²) in [5, 5.41) is 5.27. The van der Waals surface area contributed by atoms with Gasteiger partial charge in [0.1, 0.15) is 0 Å². The van der Waals surface area contributed by atoms with Gasteiger partial charge in [-0.1, -0.05) is 13.8 Å². The van der Waals surface area contributed by atoms with Gasteiger partial charge in [-0.15, -0.1) is 11.3 Å². The second-order valence-electron chi connectivity index (χ2n) is 8.65. The fraction of sp³-hybridized carbons (Fsp3) is 0.385. The van der Waals surface area contributed by atoms with E-state index in [2.05, 4.69) is 15.2 Å². The maximum Gasteiger partial charge on any atom is 0.257 e. The molecule has 4 rings (SSSR count). The van der Waals surface area contributed by atoms with Crippen LogP contribution in [0.5, 0.6) is 11.5 Å². The summed E-state index contributed by atoms with van der Waals surface area (Å²) in [5.41, 5.74) is 3.72. The van der Waals surface area contributed by atoms with Gasteiger partial charge in [-0.25, -0.2) is 13.4 Å². The number of hydrogen-bond acceptors (Lipinski definition) is 8. The molecule has 0 fully saturated rings. The number of nitrogens with one attached hydrogen (secondary N) is 1. The minimum atomic E-state index is -3.57. The van der Waals surface area contributed by atoms with Crippen molar-refractivity contribution in [2.24, 2.45) is 0 Å². The zero-order chi connectivity index (χ0) is 26.6. The van der Waals surface area contributed by atoms with Gasteiger partial charge >= 0.3 is 0 Å². The lowest BCUT2D eigenvalue weighted by Gasteiger charge is -2.29. The van der Waals surface area contributed by atoms with Crippen LogP contribution >= 0.6 is 11.3 Å². The monoisotopic (exact) mass is 544 g/mol. The number of ether oxygens (including phenoxy) is 2. The Morgan fingerprint density at radius 2 is 1.73 bits per heavy atom. The second kappa shape index (κ2) is 11.6. The van der Waals surface area contributed by atoms with Gasteiger partial charge in [0.25, 0.3) is 5.91 Å². The Labute approximate surface area is 222 Å². The number of methoxy groups -OCH3 is 2. The molecule has 1 N–H and O–H groups in total. The van der Waals surface area contributed by atoms with Gasteiger partial charge in [0.2, 0.25) is 10.0 Å². The van der Waals surface area contributed by atoms with Crippen molar-refractivity contribution < 1.29 is 22.7 Å². The first-order valence-electron chi connectivity index (χ1n) is 12.1. The minimum absolute atomic E-state index is 0.170. The molecule has 1 aliphatic rings. The van der Waals surface area contributed by atoms with Crippen molar-refractivity contribution >= 4 is 32.4 Å². The van der Waals surface area contributed by atoms with Gasteiger partial charge in [0.05, 0.1) is 24.8 Å². The topological polar surface area (TPSA) is 101 Å². The third-order valence-electron chi connectivity index (χ3n) is 6.41. The number of thiazole rings is 1. The van der Waals surface area contributed by atoms with Crippen LogP contribution in [0.15, 0.2) is 46.7 Å². The van der Waals surface area contributed by atoms with Crippen LogP contribution in [0.1, 0.15) is 41.0 Å². The van der Waals surface area contributed by atoms with Crippen LogP contribution in [0, 0.1) is 0 Å². The molecule has 0 spiro atoms. The summed E-state index contributed by atoms with van der Waals surface area (Å²) in [6, 6.07) is 10.1. The number of fused-ring (bicyclic) bond motifs is 1. The molecule has 198 valence electrons. The normalized spacial score (nSPS) is 13.9. The standard InChI is InChI=1S/C26H32N4O5S2/c1-5-30(6-2)37(32,33)22-9-7-18(8-10-22)25(31)28-26-27-21(17-36-26)16-29-12-11-19-13-23(34-3)24(35-4)14-20(19)15-29/h7-10,13-14,17H,5-6,11-12,15-16H2,1-4H3,(H,27,28,31). The number of benzene rings is 2. The average Bonchev–Trinajstić information content (AvgIpc) is 3.34. The largest absolute Gasteiger partial charge is 0.493 e. The molecule has 0 saturated carbocycles. The van der Waals surface area contributed by atoms with Crippen molar-refractivity contribution in [1.29, 1.82) is 0 Å². The van der Waals surface area contributed by atoms with Crippen molar-refractivity contribution in [2.45, 2.75) is 38.3 Å². The number of nitrogens with zero attached hydrogens (tertiary/aromatic N) is 3. The Kier molecular flexibility index (Phi) is 8.48. The van der Waals surface area contributed by atoms with E-state index in [1.165, 1.54) is 51.0 Å². The number of amides is 1. The van der Waals surface area contributed by atoms with Crippen molar-refractivity contribution in [2.75, 3.05) is 39.2 Å². The SMILES string of the molecule is CCN(CC)S(=O)(=O)c1ccc(C(=O)Nc2nc(CN3CCc4cc(OC)c(OC)cc4C3)cs2)cc1. The third kappa shape index (κ3) is 5.96. The molecule has 0 bridgehead atoms. The molecule has 1 aromatic heterocycles. The molecule has 0 unspecified atom stereocenters. The van der Waals surface area contributed by atoms with Crippen molar-refractivity contribution in [3.8, 4) is 11.5 Å². The van der Waals surface area contributed by atoms with Gasteiger partial charge in [-0.2, -0.15) is 4.31 Å². The molecule has 0 atom stereocenters. The Morgan fingerprint density at radius 1 is 1.08 bits per heavy atom. The number of rotatable bonds is 10. The Morgan fingerprint density at radius 3 is 2.35 bits per heavy atom. The number of aromatic nitrogens is 1. The predicted molar refractivity (Wildman–Crippen MR) is 144 cm³/mol. The fourth-order valence-corrected chi connectivity index (χ4v) is 6.56. The lowest BCUT2D eigenvalue weighted by Crippen LogP contribution is -2.30. The molecule has 37 heavy (non-hydrogen) atoms. The molecule has 9 nitrogen and oxygen atoms in total. The minimum Gasteiger partial charge on any atom is -0.493 e. The van der Waals surface area contributed by atoms with Gasteiger partial charge in [-0.3, -0.25) is 15.0 Å². The van der Waals surface area contributed by atoms with E-state index < -0.39 is 10.0 Å². The maximum absolute atomic E-state index is 12.7. The first-order valence-corrected chi connectivity index (χ1v) is 14.4. The van der Waals surface area contributed by atoms with E-state index in [-0.39, 0.29) is 10.8 Å². The van der Waals surface area contributed by atoms with E-state index in [1.807, 2.05) is 17.5 Å². The van der Waals surface area contributed by atoms with E-state index in [0.29, 0.717) is 30.3 Å². The molecule has 3 aromatic rings. The highest BCUT2D eigenvalue weighted by Crippen LogP contribution is 2.33. The van der Waals surface area contributed by atoms with E-state index in [9.17, 15) is 13.2 Å². The third-order valence-corrected chi connectivity index (χ3v) is 9.29. The summed E-state index contributed by atoms with van der Waals surface area (Å²) in [5.74, 6) is 1.14. The molecule has 0 radical (unpaired) electrons. The quantitative estimate of drug-likeness (QED) is 0.412. The highest BCUT2D eigenvalue weighted by Gasteiger charge is 2.23. The van der Waals surface area contributed by atoms with Crippen molar-refractivity contribution in [3.63, 3.8) is 0 Å². The molecule has 11 heteroatoms. The van der Waals surface area contributed by atoms with Crippen LogP contribution < -0.4 is 14.8 Å². The van der Waals surface area contributed by atoms with Crippen LogP contribution in [0.2, 0.25) is 0 Å². The van der Waals surface area contributed by atoms with Crippen LogP contribution in [0.3, 0.4) is 0 Å². The smallest absolute Gasteiger partial charge is 0.257 e. The second-order valence-corrected chi connectivity index (χ2v) is 11.4. The maximum atomic E-state index is 12.7. The van der Waals surface area contributed by atoms with Crippen molar-refractivity contribution in [3.05, 3.63) is 64.2 Å². The van der Waals surface area contributed by atoms with Crippen molar-refractivity contribution in [1.82, 2.24) is 14.2 Å². The van der Waals surface area contributed by atoms with Crippen LogP contribution in [0.4, 0.5) is 5.13 Å². The van der Waals surface area contributed by atoms with Gasteiger partial charge in [0.15, 0.2) is 16.6 Å². The van der Waals surface area contributed by atoms with E-state index in [0.717, 1.165) is 36.7 Å². The predicted octanol–water partition coefficient (Wildman–Crippen LogP) is 4.00. The molecular weight excluding hydrogens is 512 g/mol. The van der Waals surface area contributed by atoms with Crippen LogP contribution in [-0.4, -0.2) is 62.4 Å².